The van der Waals surface area contributed by atoms with Crippen molar-refractivity contribution in [1.82, 2.24) is 5.32 Å². The Morgan fingerprint density at radius 1 is 1.41 bits per heavy atom. The average Bonchev–Trinajstić information content (AvgIpc) is 2.85. The first kappa shape index (κ1) is 12.9. The van der Waals surface area contributed by atoms with Gasteiger partial charge in [-0.3, -0.25) is 0 Å². The Morgan fingerprint density at radius 3 is 2.94 bits per heavy atom. The van der Waals surface area contributed by atoms with Crippen LogP contribution in [-0.2, 0) is 9.47 Å². The van der Waals surface area contributed by atoms with Crippen molar-refractivity contribution in [2.24, 2.45) is 5.92 Å². The van der Waals surface area contributed by atoms with E-state index in [1.807, 2.05) is 0 Å². The maximum atomic E-state index is 5.84. The van der Waals surface area contributed by atoms with Crippen molar-refractivity contribution >= 4 is 0 Å². The summed E-state index contributed by atoms with van der Waals surface area (Å²) >= 11 is 0. The minimum atomic E-state index is 0.354. The minimum Gasteiger partial charge on any atom is -0.497 e. The Balaban J connectivity index is 2.07. The molecule has 3 atom stereocenters. The van der Waals surface area contributed by atoms with E-state index in [-0.39, 0.29) is 0 Å². The van der Waals surface area contributed by atoms with Crippen molar-refractivity contribution in [3.8, 4) is 0 Å². The third kappa shape index (κ3) is 3.02. The molecule has 1 fully saturated rings. The first-order valence-electron chi connectivity index (χ1n) is 7.04. The standard InChI is InChI=1S/C14H25NO2/c1-3-12-11(8-10-17-12)14(15-4-2)13-7-5-6-9-16-13/h7,11-12,14-15H,3-6,8-10H2,1-2H3. The molecule has 17 heavy (non-hydrogen) atoms. The average molecular weight is 239 g/mol. The summed E-state index contributed by atoms with van der Waals surface area (Å²) in [5.74, 6) is 1.73. The monoisotopic (exact) mass is 239 g/mol. The van der Waals surface area contributed by atoms with E-state index in [1.54, 1.807) is 0 Å². The third-order valence-electron chi connectivity index (χ3n) is 3.78. The van der Waals surface area contributed by atoms with Crippen LogP contribution in [0.1, 0.15) is 39.5 Å². The van der Waals surface area contributed by atoms with Gasteiger partial charge in [0.25, 0.3) is 0 Å². The summed E-state index contributed by atoms with van der Waals surface area (Å²) < 4.78 is 11.7. The molecule has 1 N–H and O–H groups in total. The molecule has 98 valence electrons. The van der Waals surface area contributed by atoms with Gasteiger partial charge < -0.3 is 14.8 Å². The van der Waals surface area contributed by atoms with E-state index < -0.39 is 0 Å². The molecule has 3 heteroatoms. The number of allylic oxidation sites excluding steroid dienone is 1. The molecule has 0 bridgehead atoms. The van der Waals surface area contributed by atoms with Gasteiger partial charge in [0.1, 0.15) is 5.76 Å². The molecule has 0 radical (unpaired) electrons. The van der Waals surface area contributed by atoms with Crippen molar-refractivity contribution in [3.05, 3.63) is 11.8 Å². The molecular formula is C14H25NO2. The molecule has 3 nitrogen and oxygen atoms in total. The quantitative estimate of drug-likeness (QED) is 0.799. The molecule has 2 aliphatic rings. The van der Waals surface area contributed by atoms with Crippen LogP contribution >= 0.6 is 0 Å². The maximum absolute atomic E-state index is 5.84. The zero-order valence-electron chi connectivity index (χ0n) is 11.1. The predicted octanol–water partition coefficient (Wildman–Crippen LogP) is 2.47. The van der Waals surface area contributed by atoms with Crippen LogP contribution in [0.2, 0.25) is 0 Å². The van der Waals surface area contributed by atoms with E-state index >= 15 is 0 Å². The molecule has 0 spiro atoms. The van der Waals surface area contributed by atoms with E-state index in [0.29, 0.717) is 18.1 Å². The first-order valence-corrected chi connectivity index (χ1v) is 7.04. The van der Waals surface area contributed by atoms with Gasteiger partial charge >= 0.3 is 0 Å². The summed E-state index contributed by atoms with van der Waals surface area (Å²) in [6.45, 7) is 7.13. The highest BCUT2D eigenvalue weighted by Crippen LogP contribution is 2.31. The smallest absolute Gasteiger partial charge is 0.109 e. The third-order valence-corrected chi connectivity index (χ3v) is 3.78. The number of rotatable bonds is 5. The highest BCUT2D eigenvalue weighted by Gasteiger charge is 2.36. The topological polar surface area (TPSA) is 30.5 Å². The van der Waals surface area contributed by atoms with Crippen LogP contribution in [-0.4, -0.2) is 31.9 Å². The number of nitrogens with one attached hydrogen (secondary N) is 1. The van der Waals surface area contributed by atoms with Gasteiger partial charge in [-0.25, -0.2) is 0 Å². The molecule has 0 aromatic heterocycles. The second-order valence-corrected chi connectivity index (χ2v) is 4.90. The van der Waals surface area contributed by atoms with Crippen LogP contribution in [0, 0.1) is 5.92 Å². The van der Waals surface area contributed by atoms with Gasteiger partial charge in [-0.2, -0.15) is 0 Å². The van der Waals surface area contributed by atoms with Crippen LogP contribution in [0.3, 0.4) is 0 Å². The Hall–Kier alpha value is -0.540. The fraction of sp³-hybridized carbons (Fsp3) is 0.857. The van der Waals surface area contributed by atoms with Gasteiger partial charge in [-0.15, -0.1) is 0 Å². The fourth-order valence-electron chi connectivity index (χ4n) is 2.94. The van der Waals surface area contributed by atoms with Crippen LogP contribution in [0.25, 0.3) is 0 Å². The molecule has 1 saturated heterocycles. The van der Waals surface area contributed by atoms with Gasteiger partial charge in [0.05, 0.1) is 18.8 Å². The summed E-state index contributed by atoms with van der Waals surface area (Å²) in [4.78, 5) is 0. The van der Waals surface area contributed by atoms with Gasteiger partial charge in [-0.05, 0) is 38.3 Å². The van der Waals surface area contributed by atoms with E-state index in [1.165, 1.54) is 0 Å². The molecule has 0 aliphatic carbocycles. The van der Waals surface area contributed by atoms with Crippen molar-refractivity contribution in [2.45, 2.75) is 51.7 Å². The predicted molar refractivity (Wildman–Crippen MR) is 68.9 cm³/mol. The largest absolute Gasteiger partial charge is 0.497 e. The summed E-state index contributed by atoms with van der Waals surface area (Å²) in [6.07, 6.45) is 7.21. The van der Waals surface area contributed by atoms with Crippen molar-refractivity contribution in [3.63, 3.8) is 0 Å². The summed E-state index contributed by atoms with van der Waals surface area (Å²) in [5, 5.41) is 3.59. The number of ether oxygens (including phenoxy) is 2. The molecule has 0 aromatic carbocycles. The van der Waals surface area contributed by atoms with Gasteiger partial charge in [-0.1, -0.05) is 13.8 Å². The van der Waals surface area contributed by atoms with Crippen molar-refractivity contribution in [2.75, 3.05) is 19.8 Å². The molecule has 0 aromatic rings. The summed E-state index contributed by atoms with van der Waals surface area (Å²) in [7, 11) is 0. The summed E-state index contributed by atoms with van der Waals surface area (Å²) in [5.41, 5.74) is 0. The normalized spacial score (nSPS) is 30.8. The first-order chi connectivity index (χ1) is 8.36. The second kappa shape index (κ2) is 6.41. The van der Waals surface area contributed by atoms with E-state index in [0.717, 1.165) is 51.2 Å². The van der Waals surface area contributed by atoms with Gasteiger partial charge in [0.15, 0.2) is 0 Å². The lowest BCUT2D eigenvalue weighted by atomic mass is 9.89. The summed E-state index contributed by atoms with van der Waals surface area (Å²) in [6, 6.07) is 0.354. The van der Waals surface area contributed by atoms with Crippen LogP contribution in [0.4, 0.5) is 0 Å². The Bertz CT molecular complexity index is 265. The lowest BCUT2D eigenvalue weighted by Crippen LogP contribution is -2.42. The Kier molecular flexibility index (Phi) is 4.86. The van der Waals surface area contributed by atoms with Crippen molar-refractivity contribution < 1.29 is 9.47 Å². The highest BCUT2D eigenvalue weighted by molar-refractivity contribution is 5.09. The Morgan fingerprint density at radius 2 is 2.29 bits per heavy atom. The van der Waals surface area contributed by atoms with Crippen molar-refractivity contribution in [1.29, 1.82) is 0 Å². The minimum absolute atomic E-state index is 0.354. The molecular weight excluding hydrogens is 214 g/mol. The number of hydrogen-bond acceptors (Lipinski definition) is 3. The van der Waals surface area contributed by atoms with Gasteiger partial charge in [0.2, 0.25) is 0 Å². The van der Waals surface area contributed by atoms with E-state index in [9.17, 15) is 0 Å². The van der Waals surface area contributed by atoms with Crippen LogP contribution in [0.5, 0.6) is 0 Å². The highest BCUT2D eigenvalue weighted by atomic mass is 16.5. The molecule has 2 rings (SSSR count). The zero-order valence-corrected chi connectivity index (χ0v) is 11.1. The van der Waals surface area contributed by atoms with Gasteiger partial charge in [0, 0.05) is 12.5 Å². The second-order valence-electron chi connectivity index (χ2n) is 4.90. The number of hydrogen-bond donors (Lipinski definition) is 1. The zero-order chi connectivity index (χ0) is 12.1. The molecule has 0 saturated carbocycles. The molecule has 0 amide bonds. The lowest BCUT2D eigenvalue weighted by Gasteiger charge is -2.31. The molecule has 3 unspecified atom stereocenters. The molecule has 2 heterocycles. The van der Waals surface area contributed by atoms with Crippen LogP contribution in [0.15, 0.2) is 11.8 Å². The lowest BCUT2D eigenvalue weighted by molar-refractivity contribution is 0.0689. The van der Waals surface area contributed by atoms with Crippen LogP contribution < -0.4 is 5.32 Å². The SMILES string of the molecule is CCNC(C1=CCCCO1)C1CCOC1CC. The fourth-order valence-corrected chi connectivity index (χ4v) is 2.94. The van der Waals surface area contributed by atoms with E-state index in [2.05, 4.69) is 25.2 Å². The maximum Gasteiger partial charge on any atom is 0.109 e. The Labute approximate surface area is 105 Å². The van der Waals surface area contributed by atoms with E-state index in [4.69, 9.17) is 9.47 Å². The molecule has 2 aliphatic heterocycles. The number of likely N-dealkylation sites (N-methyl/N-ethyl adjacent to an activating group) is 1.